The van der Waals surface area contributed by atoms with Gasteiger partial charge in [0.15, 0.2) is 4.34 Å². The Labute approximate surface area is 198 Å². The molecule has 13 heteroatoms. The SMILES string of the molecule is CCOC(=O)Nc1nnc(SCC2=C(C(=O)OCC)C(c3ccc(OC)cc3)NC(=O)N2)s1. The van der Waals surface area contributed by atoms with E-state index >= 15 is 0 Å². The molecule has 0 saturated heterocycles. The summed E-state index contributed by atoms with van der Waals surface area (Å²) in [5.41, 5.74) is 1.40. The van der Waals surface area contributed by atoms with Crippen LogP contribution in [0.4, 0.5) is 14.7 Å². The standard InChI is InChI=1S/C20H23N5O6S2/c1-4-30-16(26)14-13(10-32-20-25-24-18(33-20)23-19(28)31-5-2)21-17(27)22-15(14)11-6-8-12(29-3)9-7-11/h6-9,15H,4-5,10H2,1-3H3,(H2,21,22,27)(H,23,24,28). The fourth-order valence-electron chi connectivity index (χ4n) is 2.94. The molecule has 1 aromatic carbocycles. The van der Waals surface area contributed by atoms with Gasteiger partial charge in [0.1, 0.15) is 5.75 Å². The summed E-state index contributed by atoms with van der Waals surface area (Å²) in [5, 5.41) is 16.2. The van der Waals surface area contributed by atoms with E-state index in [-0.39, 0.29) is 24.1 Å². The number of hydrogen-bond acceptors (Lipinski definition) is 10. The number of nitrogens with zero attached hydrogens (tertiary/aromatic N) is 2. The first-order valence-corrected chi connectivity index (χ1v) is 11.8. The summed E-state index contributed by atoms with van der Waals surface area (Å²) in [6.07, 6.45) is -0.620. The van der Waals surface area contributed by atoms with Gasteiger partial charge in [-0.2, -0.15) is 0 Å². The van der Waals surface area contributed by atoms with Crippen molar-refractivity contribution >= 4 is 46.3 Å². The van der Waals surface area contributed by atoms with Crippen LogP contribution in [0.3, 0.4) is 0 Å². The van der Waals surface area contributed by atoms with Gasteiger partial charge in [-0.05, 0) is 31.5 Å². The second kappa shape index (κ2) is 11.5. The molecule has 176 valence electrons. The number of rotatable bonds is 9. The number of aromatic nitrogens is 2. The molecule has 0 fully saturated rings. The zero-order valence-electron chi connectivity index (χ0n) is 18.2. The van der Waals surface area contributed by atoms with Crippen LogP contribution in [0.2, 0.25) is 0 Å². The van der Waals surface area contributed by atoms with Crippen LogP contribution < -0.4 is 20.7 Å². The highest BCUT2D eigenvalue weighted by molar-refractivity contribution is 8.01. The third-order valence-corrected chi connectivity index (χ3v) is 6.33. The van der Waals surface area contributed by atoms with Crippen molar-refractivity contribution in [3.05, 3.63) is 41.1 Å². The van der Waals surface area contributed by atoms with Crippen molar-refractivity contribution in [2.45, 2.75) is 24.2 Å². The van der Waals surface area contributed by atoms with Crippen molar-refractivity contribution in [2.24, 2.45) is 0 Å². The number of carbonyl (C=O) groups excluding carboxylic acids is 3. The number of carbonyl (C=O) groups is 3. The van der Waals surface area contributed by atoms with Gasteiger partial charge < -0.3 is 24.8 Å². The van der Waals surface area contributed by atoms with E-state index in [2.05, 4.69) is 26.1 Å². The molecule has 1 aliphatic rings. The number of benzene rings is 1. The molecule has 1 aliphatic heterocycles. The Balaban J connectivity index is 1.84. The third-order valence-electron chi connectivity index (χ3n) is 4.33. The van der Waals surface area contributed by atoms with E-state index in [0.29, 0.717) is 26.9 Å². The molecule has 0 aliphatic carbocycles. The summed E-state index contributed by atoms with van der Waals surface area (Å²) in [5.74, 6) is 0.339. The van der Waals surface area contributed by atoms with Crippen molar-refractivity contribution < 1.29 is 28.6 Å². The first kappa shape index (κ1) is 24.3. The molecular weight excluding hydrogens is 470 g/mol. The largest absolute Gasteiger partial charge is 0.497 e. The maximum Gasteiger partial charge on any atom is 0.413 e. The number of thioether (sulfide) groups is 1. The van der Waals surface area contributed by atoms with Crippen molar-refractivity contribution in [2.75, 3.05) is 31.4 Å². The molecule has 3 N–H and O–H groups in total. The minimum Gasteiger partial charge on any atom is -0.497 e. The second-order valence-electron chi connectivity index (χ2n) is 6.42. The van der Waals surface area contributed by atoms with Crippen LogP contribution >= 0.6 is 23.1 Å². The van der Waals surface area contributed by atoms with Gasteiger partial charge in [-0.1, -0.05) is 35.2 Å². The Hall–Kier alpha value is -3.32. The van der Waals surface area contributed by atoms with Gasteiger partial charge in [-0.25, -0.2) is 14.4 Å². The number of nitrogens with one attached hydrogen (secondary N) is 3. The van der Waals surface area contributed by atoms with Crippen LogP contribution in [-0.2, 0) is 14.3 Å². The zero-order chi connectivity index (χ0) is 23.8. The highest BCUT2D eigenvalue weighted by atomic mass is 32.2. The Bertz CT molecular complexity index is 1040. The van der Waals surface area contributed by atoms with Crippen molar-refractivity contribution in [1.82, 2.24) is 20.8 Å². The topological polar surface area (TPSA) is 141 Å². The number of methoxy groups -OCH3 is 1. The van der Waals surface area contributed by atoms with Crippen LogP contribution in [0.15, 0.2) is 39.9 Å². The molecule has 0 bridgehead atoms. The van der Waals surface area contributed by atoms with E-state index in [0.717, 1.165) is 11.3 Å². The average Bonchev–Trinajstić information content (AvgIpc) is 3.24. The molecule has 1 atom stereocenters. The molecule has 3 rings (SSSR count). The molecular formula is C20H23N5O6S2. The quantitative estimate of drug-likeness (QED) is 0.273. The Kier molecular flexibility index (Phi) is 8.49. The summed E-state index contributed by atoms with van der Waals surface area (Å²) >= 11 is 2.40. The van der Waals surface area contributed by atoms with Crippen LogP contribution in [0, 0.1) is 0 Å². The summed E-state index contributed by atoms with van der Waals surface area (Å²) in [6, 6.07) is 5.91. The molecule has 3 amide bonds. The lowest BCUT2D eigenvalue weighted by Gasteiger charge is -2.29. The first-order valence-electron chi connectivity index (χ1n) is 9.96. The average molecular weight is 494 g/mol. The monoisotopic (exact) mass is 493 g/mol. The molecule has 33 heavy (non-hydrogen) atoms. The van der Waals surface area contributed by atoms with Crippen molar-refractivity contribution in [1.29, 1.82) is 0 Å². The van der Waals surface area contributed by atoms with Gasteiger partial charge in [0.05, 0.1) is 31.9 Å². The minimum atomic E-state index is -0.699. The number of anilines is 1. The smallest absolute Gasteiger partial charge is 0.413 e. The van der Waals surface area contributed by atoms with Crippen LogP contribution in [0.5, 0.6) is 5.75 Å². The van der Waals surface area contributed by atoms with E-state index in [4.69, 9.17) is 14.2 Å². The third kappa shape index (κ3) is 6.35. The van der Waals surface area contributed by atoms with Gasteiger partial charge in [0.2, 0.25) is 5.13 Å². The highest BCUT2D eigenvalue weighted by Crippen LogP contribution is 2.33. The molecule has 0 radical (unpaired) electrons. The van der Waals surface area contributed by atoms with Gasteiger partial charge in [0, 0.05) is 11.4 Å². The van der Waals surface area contributed by atoms with Crippen LogP contribution in [0.25, 0.3) is 0 Å². The summed E-state index contributed by atoms with van der Waals surface area (Å²) in [7, 11) is 1.56. The second-order valence-corrected chi connectivity index (χ2v) is 8.62. The molecule has 1 aromatic heterocycles. The van der Waals surface area contributed by atoms with Gasteiger partial charge in [0.25, 0.3) is 0 Å². The van der Waals surface area contributed by atoms with Crippen molar-refractivity contribution in [3.63, 3.8) is 0 Å². The molecule has 1 unspecified atom stereocenters. The van der Waals surface area contributed by atoms with E-state index in [1.807, 2.05) is 0 Å². The molecule has 0 saturated carbocycles. The van der Waals surface area contributed by atoms with Gasteiger partial charge >= 0.3 is 18.1 Å². The molecule has 11 nitrogen and oxygen atoms in total. The van der Waals surface area contributed by atoms with Crippen LogP contribution in [0.1, 0.15) is 25.5 Å². The van der Waals surface area contributed by atoms with E-state index in [1.165, 1.54) is 11.8 Å². The normalized spacial score (nSPS) is 15.4. The van der Waals surface area contributed by atoms with Crippen molar-refractivity contribution in [3.8, 4) is 5.75 Å². The number of hydrogen-bond donors (Lipinski definition) is 3. The highest BCUT2D eigenvalue weighted by Gasteiger charge is 2.33. The predicted octanol–water partition coefficient (Wildman–Crippen LogP) is 3.08. The molecule has 2 aromatic rings. The fourth-order valence-corrected chi connectivity index (χ4v) is 4.64. The summed E-state index contributed by atoms with van der Waals surface area (Å²) in [4.78, 5) is 36.7. The lowest BCUT2D eigenvalue weighted by atomic mass is 9.95. The molecule has 0 spiro atoms. The lowest BCUT2D eigenvalue weighted by molar-refractivity contribution is -0.139. The molecule has 2 heterocycles. The lowest BCUT2D eigenvalue weighted by Crippen LogP contribution is -2.46. The predicted molar refractivity (Wildman–Crippen MR) is 122 cm³/mol. The number of amides is 3. The Morgan fingerprint density at radius 3 is 2.55 bits per heavy atom. The fraction of sp³-hybridized carbons (Fsp3) is 0.350. The van der Waals surface area contributed by atoms with E-state index in [1.54, 1.807) is 45.2 Å². The number of urea groups is 1. The Morgan fingerprint density at radius 2 is 1.88 bits per heavy atom. The van der Waals surface area contributed by atoms with E-state index in [9.17, 15) is 14.4 Å². The first-order chi connectivity index (χ1) is 15.9. The zero-order valence-corrected chi connectivity index (χ0v) is 19.8. The summed E-state index contributed by atoms with van der Waals surface area (Å²) < 4.78 is 15.8. The van der Waals surface area contributed by atoms with Gasteiger partial charge in [-0.3, -0.25) is 5.32 Å². The minimum absolute atomic E-state index is 0.186. The number of ether oxygens (including phenoxy) is 3. The van der Waals surface area contributed by atoms with Crippen LogP contribution in [-0.4, -0.2) is 54.4 Å². The van der Waals surface area contributed by atoms with Gasteiger partial charge in [-0.15, -0.1) is 10.2 Å². The summed E-state index contributed by atoms with van der Waals surface area (Å²) in [6.45, 7) is 3.83. The number of esters is 1. The Morgan fingerprint density at radius 1 is 1.15 bits per heavy atom. The van der Waals surface area contributed by atoms with E-state index < -0.39 is 24.1 Å². The maximum atomic E-state index is 12.8. The maximum absolute atomic E-state index is 12.8.